The fourth-order valence-electron chi connectivity index (χ4n) is 2.14. The van der Waals surface area contributed by atoms with Gasteiger partial charge in [-0.15, -0.1) is 0 Å². The summed E-state index contributed by atoms with van der Waals surface area (Å²) in [4.78, 5) is 10.8. The Balaban J connectivity index is 2.57. The Bertz CT molecular complexity index is 250. The van der Waals surface area contributed by atoms with Crippen LogP contribution in [-0.2, 0) is 4.79 Å². The summed E-state index contributed by atoms with van der Waals surface area (Å²) in [6.07, 6.45) is 17.8. The average Bonchev–Trinajstić information content (AvgIpc) is 2.29. The molecule has 0 radical (unpaired) electrons. The molecule has 0 heterocycles. The highest BCUT2D eigenvalue weighted by molar-refractivity contribution is 5.58. The zero-order valence-electron chi connectivity index (χ0n) is 10.5. The van der Waals surface area contributed by atoms with Crippen molar-refractivity contribution in [3.63, 3.8) is 0 Å². The Morgan fingerprint density at radius 3 is 2.56 bits per heavy atom. The molecule has 1 aliphatic rings. The first-order chi connectivity index (χ1) is 7.84. The van der Waals surface area contributed by atoms with Crippen LogP contribution in [0.3, 0.4) is 0 Å². The topological polar surface area (TPSA) is 17.1 Å². The van der Waals surface area contributed by atoms with Crippen molar-refractivity contribution >= 4 is 6.29 Å². The number of carbonyl (C=O) groups excluding carboxylic acids is 1. The van der Waals surface area contributed by atoms with Crippen molar-refractivity contribution in [1.29, 1.82) is 0 Å². The fourth-order valence-corrected chi connectivity index (χ4v) is 2.14. The van der Waals surface area contributed by atoms with E-state index < -0.39 is 0 Å². The second-order valence-corrected chi connectivity index (χ2v) is 4.75. The second-order valence-electron chi connectivity index (χ2n) is 4.75. The zero-order valence-corrected chi connectivity index (χ0v) is 10.5. The quantitative estimate of drug-likeness (QED) is 0.629. The Labute approximate surface area is 99.6 Å². The van der Waals surface area contributed by atoms with E-state index in [9.17, 15) is 4.79 Å². The minimum Gasteiger partial charge on any atom is -0.303 e. The van der Waals surface area contributed by atoms with Crippen molar-refractivity contribution < 1.29 is 4.79 Å². The molecular formula is C15H24O. The molecule has 1 heteroatoms. The van der Waals surface area contributed by atoms with Gasteiger partial charge in [0.1, 0.15) is 6.29 Å². The van der Waals surface area contributed by atoms with Gasteiger partial charge in [0.15, 0.2) is 0 Å². The molecule has 0 N–H and O–H groups in total. The molecule has 0 aromatic carbocycles. The molecule has 0 aliphatic heterocycles. The van der Waals surface area contributed by atoms with Gasteiger partial charge in [-0.1, -0.05) is 56.4 Å². The summed E-state index contributed by atoms with van der Waals surface area (Å²) in [5.41, 5.74) is 1.30. The van der Waals surface area contributed by atoms with Crippen molar-refractivity contribution in [2.75, 3.05) is 0 Å². The molecule has 1 unspecified atom stereocenters. The Morgan fingerprint density at radius 1 is 1.12 bits per heavy atom. The lowest BCUT2D eigenvalue weighted by Gasteiger charge is -2.10. The van der Waals surface area contributed by atoms with Crippen LogP contribution in [0.4, 0.5) is 0 Å². The number of carbonyl (C=O) groups is 1. The number of rotatable bonds is 2. The summed E-state index contributed by atoms with van der Waals surface area (Å²) in [7, 11) is 0. The Hall–Kier alpha value is -0.850. The average molecular weight is 220 g/mol. The van der Waals surface area contributed by atoms with Crippen molar-refractivity contribution in [2.24, 2.45) is 5.92 Å². The van der Waals surface area contributed by atoms with Gasteiger partial charge < -0.3 is 4.79 Å². The zero-order chi connectivity index (χ0) is 11.6. The van der Waals surface area contributed by atoms with Crippen molar-refractivity contribution in [2.45, 2.75) is 58.3 Å². The van der Waals surface area contributed by atoms with Crippen LogP contribution in [-0.4, -0.2) is 6.29 Å². The Morgan fingerprint density at radius 2 is 1.81 bits per heavy atom. The van der Waals surface area contributed by atoms with Gasteiger partial charge in [0.05, 0.1) is 0 Å². The molecule has 1 rings (SSSR count). The minimum atomic E-state index is 0.0904. The van der Waals surface area contributed by atoms with Gasteiger partial charge in [0, 0.05) is 5.92 Å². The first-order valence-electron chi connectivity index (χ1n) is 6.65. The predicted molar refractivity (Wildman–Crippen MR) is 69.4 cm³/mol. The van der Waals surface area contributed by atoms with E-state index in [1.807, 2.05) is 6.92 Å². The molecule has 0 aromatic heterocycles. The van der Waals surface area contributed by atoms with Crippen LogP contribution in [0.2, 0.25) is 0 Å². The highest BCUT2D eigenvalue weighted by Gasteiger charge is 2.06. The SMILES string of the molecule is CC(C=O)/C1=C\C=C/CCCCCCCC1. The maximum atomic E-state index is 10.8. The predicted octanol–water partition coefficient (Wildman–Crippen LogP) is 4.44. The number of allylic oxidation sites excluding steroid dienone is 4. The normalized spacial score (nSPS) is 26.7. The lowest BCUT2D eigenvalue weighted by Crippen LogP contribution is -2.01. The first kappa shape index (κ1) is 13.2. The Kier molecular flexibility index (Phi) is 6.87. The number of hydrogen-bond acceptors (Lipinski definition) is 1. The van der Waals surface area contributed by atoms with E-state index in [1.165, 1.54) is 50.5 Å². The van der Waals surface area contributed by atoms with Gasteiger partial charge >= 0.3 is 0 Å². The van der Waals surface area contributed by atoms with E-state index in [0.29, 0.717) is 0 Å². The first-order valence-corrected chi connectivity index (χ1v) is 6.65. The molecule has 0 aromatic rings. The standard InChI is InChI=1S/C15H24O/c1-14(13-16)15-11-9-7-5-3-2-4-6-8-10-12-15/h7,9,11,13-14H,2-6,8,10,12H2,1H3/b9-7-,15-11-. The fraction of sp³-hybridized carbons (Fsp3) is 0.667. The van der Waals surface area contributed by atoms with Crippen molar-refractivity contribution in [3.8, 4) is 0 Å². The molecule has 0 saturated carbocycles. The summed E-state index contributed by atoms with van der Waals surface area (Å²) in [5, 5.41) is 0. The van der Waals surface area contributed by atoms with Crippen LogP contribution >= 0.6 is 0 Å². The molecule has 1 atom stereocenters. The van der Waals surface area contributed by atoms with Crippen LogP contribution in [0.5, 0.6) is 0 Å². The molecule has 1 aliphatic carbocycles. The molecule has 16 heavy (non-hydrogen) atoms. The van der Waals surface area contributed by atoms with Gasteiger partial charge in [-0.05, 0) is 25.7 Å². The number of hydrogen-bond donors (Lipinski definition) is 0. The largest absolute Gasteiger partial charge is 0.303 e. The molecule has 0 fully saturated rings. The third-order valence-corrected chi connectivity index (χ3v) is 3.32. The molecule has 0 spiro atoms. The maximum Gasteiger partial charge on any atom is 0.126 e. The molecule has 1 nitrogen and oxygen atoms in total. The summed E-state index contributed by atoms with van der Waals surface area (Å²) in [6.45, 7) is 2.00. The molecule has 0 bridgehead atoms. The van der Waals surface area contributed by atoms with Crippen LogP contribution in [0, 0.1) is 5.92 Å². The van der Waals surface area contributed by atoms with E-state index in [4.69, 9.17) is 0 Å². The van der Waals surface area contributed by atoms with E-state index in [-0.39, 0.29) is 5.92 Å². The van der Waals surface area contributed by atoms with Crippen LogP contribution in [0.15, 0.2) is 23.8 Å². The highest BCUT2D eigenvalue weighted by Crippen LogP contribution is 2.19. The number of aldehydes is 1. The van der Waals surface area contributed by atoms with E-state index in [0.717, 1.165) is 12.7 Å². The van der Waals surface area contributed by atoms with Crippen LogP contribution in [0.1, 0.15) is 58.3 Å². The summed E-state index contributed by atoms with van der Waals surface area (Å²) in [6, 6.07) is 0. The van der Waals surface area contributed by atoms with E-state index in [1.54, 1.807) is 0 Å². The van der Waals surface area contributed by atoms with Crippen molar-refractivity contribution in [1.82, 2.24) is 0 Å². The van der Waals surface area contributed by atoms with Gasteiger partial charge in [0.25, 0.3) is 0 Å². The lowest BCUT2D eigenvalue weighted by molar-refractivity contribution is -0.109. The smallest absolute Gasteiger partial charge is 0.126 e. The van der Waals surface area contributed by atoms with Gasteiger partial charge in [0.2, 0.25) is 0 Å². The minimum absolute atomic E-state index is 0.0904. The second kappa shape index (κ2) is 8.32. The van der Waals surface area contributed by atoms with Gasteiger partial charge in [-0.2, -0.15) is 0 Å². The van der Waals surface area contributed by atoms with Crippen molar-refractivity contribution in [3.05, 3.63) is 23.8 Å². The summed E-state index contributed by atoms with van der Waals surface area (Å²) < 4.78 is 0. The molecule has 0 amide bonds. The summed E-state index contributed by atoms with van der Waals surface area (Å²) in [5.74, 6) is 0.0904. The van der Waals surface area contributed by atoms with Gasteiger partial charge in [-0.3, -0.25) is 0 Å². The third kappa shape index (κ3) is 5.29. The van der Waals surface area contributed by atoms with Crippen LogP contribution in [0.25, 0.3) is 0 Å². The van der Waals surface area contributed by atoms with Gasteiger partial charge in [-0.25, -0.2) is 0 Å². The maximum absolute atomic E-state index is 10.8. The monoisotopic (exact) mass is 220 g/mol. The third-order valence-electron chi connectivity index (χ3n) is 3.32. The summed E-state index contributed by atoms with van der Waals surface area (Å²) >= 11 is 0. The molecule has 90 valence electrons. The molecular weight excluding hydrogens is 196 g/mol. The van der Waals surface area contributed by atoms with E-state index in [2.05, 4.69) is 18.2 Å². The van der Waals surface area contributed by atoms with Crippen LogP contribution < -0.4 is 0 Å². The van der Waals surface area contributed by atoms with E-state index >= 15 is 0 Å². The highest BCUT2D eigenvalue weighted by atomic mass is 16.1. The lowest BCUT2D eigenvalue weighted by atomic mass is 9.95. The molecule has 0 saturated heterocycles.